The molecule has 1 heterocycles. The van der Waals surface area contributed by atoms with Crippen LogP contribution in [0.4, 0.5) is 0 Å². The van der Waals surface area contributed by atoms with E-state index in [4.69, 9.17) is 4.74 Å². The number of fused-ring (bicyclic) bond motifs is 1. The summed E-state index contributed by atoms with van der Waals surface area (Å²) < 4.78 is 7.08. The molecule has 3 rings (SSSR count). The summed E-state index contributed by atoms with van der Waals surface area (Å²) in [4.78, 5) is 0. The Morgan fingerprint density at radius 3 is 2.88 bits per heavy atom. The Bertz CT molecular complexity index is 428. The molecule has 1 aliphatic heterocycles. The summed E-state index contributed by atoms with van der Waals surface area (Å²) in [6.07, 6.45) is 2.78. The molecule has 2 nitrogen and oxygen atoms in total. The number of rotatable bonds is 1. The summed E-state index contributed by atoms with van der Waals surface area (Å²) in [5.41, 5.74) is 0.743. The van der Waals surface area contributed by atoms with Crippen molar-refractivity contribution in [2.45, 2.75) is 37.9 Å². The van der Waals surface area contributed by atoms with Crippen LogP contribution >= 0.6 is 15.9 Å². The molecule has 16 heavy (non-hydrogen) atoms. The Labute approximate surface area is 104 Å². The van der Waals surface area contributed by atoms with Crippen molar-refractivity contribution >= 4 is 15.9 Å². The van der Waals surface area contributed by atoms with Crippen LogP contribution in [0.15, 0.2) is 22.7 Å². The van der Waals surface area contributed by atoms with E-state index in [2.05, 4.69) is 22.9 Å². The van der Waals surface area contributed by atoms with Crippen LogP contribution in [0, 0.1) is 5.92 Å². The highest BCUT2D eigenvalue weighted by molar-refractivity contribution is 9.10. The first-order valence-electron chi connectivity index (χ1n) is 5.75. The molecule has 0 radical (unpaired) electrons. The molecule has 0 saturated heterocycles. The third kappa shape index (κ3) is 1.66. The summed E-state index contributed by atoms with van der Waals surface area (Å²) >= 11 is 3.42. The van der Waals surface area contributed by atoms with E-state index >= 15 is 0 Å². The second kappa shape index (κ2) is 3.47. The summed E-state index contributed by atoms with van der Waals surface area (Å²) in [5.74, 6) is 1.47. The molecule has 1 N–H and O–H groups in total. The maximum atomic E-state index is 10.2. The van der Waals surface area contributed by atoms with Gasteiger partial charge in [0.2, 0.25) is 0 Å². The number of ether oxygens (including phenoxy) is 1. The molecule has 1 aliphatic carbocycles. The van der Waals surface area contributed by atoms with Gasteiger partial charge in [0.1, 0.15) is 11.4 Å². The van der Waals surface area contributed by atoms with Gasteiger partial charge in [-0.1, -0.05) is 15.9 Å². The predicted octanol–water partition coefficient (Wildman–Crippen LogP) is 3.43. The van der Waals surface area contributed by atoms with Crippen molar-refractivity contribution in [2.75, 3.05) is 0 Å². The highest BCUT2D eigenvalue weighted by Crippen LogP contribution is 2.50. The van der Waals surface area contributed by atoms with Gasteiger partial charge < -0.3 is 9.84 Å². The van der Waals surface area contributed by atoms with E-state index < -0.39 is 6.10 Å². The van der Waals surface area contributed by atoms with E-state index in [1.807, 2.05) is 18.2 Å². The minimum absolute atomic E-state index is 0.166. The summed E-state index contributed by atoms with van der Waals surface area (Å²) in [6, 6.07) is 5.86. The molecule has 1 unspecified atom stereocenters. The number of benzene rings is 1. The van der Waals surface area contributed by atoms with Gasteiger partial charge in [-0.15, -0.1) is 0 Å². The highest BCUT2D eigenvalue weighted by Gasteiger charge is 2.47. The summed E-state index contributed by atoms with van der Waals surface area (Å²) in [6.45, 7) is 2.12. The number of hydrogen-bond donors (Lipinski definition) is 1. The Morgan fingerprint density at radius 1 is 1.44 bits per heavy atom. The van der Waals surface area contributed by atoms with Gasteiger partial charge >= 0.3 is 0 Å². The Balaban J connectivity index is 1.99. The first-order chi connectivity index (χ1) is 7.58. The summed E-state index contributed by atoms with van der Waals surface area (Å²) in [7, 11) is 0. The van der Waals surface area contributed by atoms with Crippen LogP contribution in [-0.4, -0.2) is 10.7 Å². The number of halogens is 1. The quantitative estimate of drug-likeness (QED) is 0.855. The average molecular weight is 283 g/mol. The average Bonchev–Trinajstić information content (AvgIpc) is 3.03. The van der Waals surface area contributed by atoms with Gasteiger partial charge in [0.25, 0.3) is 0 Å². The van der Waals surface area contributed by atoms with Crippen molar-refractivity contribution in [3.63, 3.8) is 0 Å². The first-order valence-corrected chi connectivity index (χ1v) is 6.54. The lowest BCUT2D eigenvalue weighted by Gasteiger charge is -2.38. The minimum Gasteiger partial charge on any atom is -0.487 e. The largest absolute Gasteiger partial charge is 0.487 e. The van der Waals surface area contributed by atoms with Crippen molar-refractivity contribution in [3.05, 3.63) is 28.2 Å². The normalized spacial score (nSPS) is 33.1. The van der Waals surface area contributed by atoms with Crippen LogP contribution in [0.3, 0.4) is 0 Å². The fourth-order valence-electron chi connectivity index (χ4n) is 2.60. The third-order valence-corrected chi connectivity index (χ3v) is 4.21. The molecule has 0 spiro atoms. The molecule has 2 aliphatic rings. The van der Waals surface area contributed by atoms with E-state index in [0.717, 1.165) is 15.8 Å². The van der Waals surface area contributed by atoms with Crippen LogP contribution < -0.4 is 4.74 Å². The van der Waals surface area contributed by atoms with Gasteiger partial charge in [-0.2, -0.15) is 0 Å². The van der Waals surface area contributed by atoms with Gasteiger partial charge in [0.05, 0.1) is 6.10 Å². The molecular weight excluding hydrogens is 268 g/mol. The fraction of sp³-hybridized carbons (Fsp3) is 0.538. The zero-order valence-electron chi connectivity index (χ0n) is 9.24. The van der Waals surface area contributed by atoms with Crippen molar-refractivity contribution in [2.24, 2.45) is 5.92 Å². The van der Waals surface area contributed by atoms with Gasteiger partial charge in [-0.25, -0.2) is 0 Å². The van der Waals surface area contributed by atoms with Crippen molar-refractivity contribution < 1.29 is 9.84 Å². The van der Waals surface area contributed by atoms with Gasteiger partial charge in [0.15, 0.2) is 0 Å². The van der Waals surface area contributed by atoms with Crippen LogP contribution in [0.5, 0.6) is 5.75 Å². The monoisotopic (exact) mass is 282 g/mol. The van der Waals surface area contributed by atoms with E-state index in [1.54, 1.807) is 0 Å². The van der Waals surface area contributed by atoms with Crippen LogP contribution in [0.2, 0.25) is 0 Å². The highest BCUT2D eigenvalue weighted by atomic mass is 79.9. The number of hydrogen-bond acceptors (Lipinski definition) is 2. The maximum absolute atomic E-state index is 10.2. The Morgan fingerprint density at radius 2 is 2.19 bits per heavy atom. The van der Waals surface area contributed by atoms with E-state index in [-0.39, 0.29) is 5.60 Å². The topological polar surface area (TPSA) is 29.5 Å². The lowest BCUT2D eigenvalue weighted by Crippen LogP contribution is -2.40. The third-order valence-electron chi connectivity index (χ3n) is 3.71. The second-order valence-corrected chi connectivity index (χ2v) is 6.01. The molecular formula is C13H15BrO2. The molecule has 1 aromatic carbocycles. The van der Waals surface area contributed by atoms with Gasteiger partial charge in [0, 0.05) is 16.5 Å². The lowest BCUT2D eigenvalue weighted by molar-refractivity contribution is -0.0166. The molecule has 0 aromatic heterocycles. The van der Waals surface area contributed by atoms with Crippen LogP contribution in [0.1, 0.15) is 37.9 Å². The molecule has 1 fully saturated rings. The SMILES string of the molecule is CC1(C2CC2)C[C@@H](O)c2cc(Br)ccc2O1. The second-order valence-electron chi connectivity index (χ2n) is 5.09. The van der Waals surface area contributed by atoms with Crippen LogP contribution in [-0.2, 0) is 0 Å². The van der Waals surface area contributed by atoms with Gasteiger partial charge in [-0.3, -0.25) is 0 Å². The standard InChI is InChI=1S/C13H15BrO2/c1-13(8-2-3-8)7-11(15)10-6-9(14)4-5-12(10)16-13/h4-6,8,11,15H,2-3,7H2,1H3/t11-,13?/m1/s1. The Hall–Kier alpha value is -0.540. The molecule has 0 amide bonds. The van der Waals surface area contributed by atoms with E-state index in [9.17, 15) is 5.11 Å². The maximum Gasteiger partial charge on any atom is 0.126 e. The molecule has 1 aromatic rings. The van der Waals surface area contributed by atoms with E-state index in [1.165, 1.54) is 12.8 Å². The lowest BCUT2D eigenvalue weighted by atomic mass is 9.87. The Kier molecular flexibility index (Phi) is 2.30. The van der Waals surface area contributed by atoms with Crippen molar-refractivity contribution in [1.29, 1.82) is 0 Å². The predicted molar refractivity (Wildman–Crippen MR) is 65.5 cm³/mol. The fourth-order valence-corrected chi connectivity index (χ4v) is 2.98. The van der Waals surface area contributed by atoms with Crippen LogP contribution in [0.25, 0.3) is 0 Å². The van der Waals surface area contributed by atoms with Crippen molar-refractivity contribution in [3.8, 4) is 5.75 Å². The molecule has 2 atom stereocenters. The van der Waals surface area contributed by atoms with Gasteiger partial charge in [-0.05, 0) is 43.9 Å². The first kappa shape index (κ1) is 10.6. The van der Waals surface area contributed by atoms with E-state index in [0.29, 0.717) is 12.3 Å². The number of aliphatic hydroxyl groups excluding tert-OH is 1. The molecule has 86 valence electrons. The number of aliphatic hydroxyl groups is 1. The minimum atomic E-state index is -0.396. The smallest absolute Gasteiger partial charge is 0.126 e. The molecule has 1 saturated carbocycles. The van der Waals surface area contributed by atoms with Crippen molar-refractivity contribution in [1.82, 2.24) is 0 Å². The molecule has 0 bridgehead atoms. The zero-order valence-corrected chi connectivity index (χ0v) is 10.8. The summed E-state index contributed by atoms with van der Waals surface area (Å²) in [5, 5.41) is 10.2. The molecule has 3 heteroatoms. The zero-order chi connectivity index (χ0) is 11.3.